The van der Waals surface area contributed by atoms with Crippen LogP contribution in [0.2, 0.25) is 0 Å². The first kappa shape index (κ1) is 9.96. The zero-order valence-corrected chi connectivity index (χ0v) is 8.45. The number of nitrogens with two attached hydrogens (primary N) is 1. The number of hydrogen-bond acceptors (Lipinski definition) is 3. The summed E-state index contributed by atoms with van der Waals surface area (Å²) in [4.78, 5) is 4.62. The largest absolute Gasteiger partial charge is 0.326 e. The van der Waals surface area contributed by atoms with Gasteiger partial charge in [-0.3, -0.25) is 0 Å². The zero-order valence-electron chi connectivity index (χ0n) is 8.45. The number of rotatable bonds is 3. The summed E-state index contributed by atoms with van der Waals surface area (Å²) in [6.45, 7) is 2.24. The molecule has 0 aromatic carbocycles. The molecular formula is C9H21N3. The molecule has 3 heteroatoms. The van der Waals surface area contributed by atoms with Crippen molar-refractivity contribution in [2.24, 2.45) is 5.73 Å². The van der Waals surface area contributed by atoms with Crippen LogP contribution in [-0.4, -0.2) is 56.1 Å². The maximum Gasteiger partial charge on any atom is 0.0182 e. The van der Waals surface area contributed by atoms with Crippen molar-refractivity contribution >= 4 is 0 Å². The van der Waals surface area contributed by atoms with E-state index < -0.39 is 0 Å². The van der Waals surface area contributed by atoms with Gasteiger partial charge < -0.3 is 15.5 Å². The second kappa shape index (κ2) is 4.21. The van der Waals surface area contributed by atoms with Crippen LogP contribution in [0.4, 0.5) is 0 Å². The summed E-state index contributed by atoms with van der Waals surface area (Å²) in [7, 11) is 6.41. The smallest absolute Gasteiger partial charge is 0.0182 e. The van der Waals surface area contributed by atoms with Crippen LogP contribution in [0.5, 0.6) is 0 Å². The van der Waals surface area contributed by atoms with Gasteiger partial charge in [-0.2, -0.15) is 0 Å². The van der Waals surface area contributed by atoms with Crippen molar-refractivity contribution in [3.8, 4) is 0 Å². The third-order valence-corrected chi connectivity index (χ3v) is 2.63. The fourth-order valence-corrected chi connectivity index (χ4v) is 1.87. The lowest BCUT2D eigenvalue weighted by molar-refractivity contribution is 0.266. The normalized spacial score (nSPS) is 31.8. The minimum atomic E-state index is 0.405. The Hall–Kier alpha value is -0.120. The molecule has 1 saturated heterocycles. The molecule has 2 unspecified atom stereocenters. The van der Waals surface area contributed by atoms with Crippen LogP contribution in [-0.2, 0) is 0 Å². The predicted molar refractivity (Wildman–Crippen MR) is 52.2 cm³/mol. The van der Waals surface area contributed by atoms with Crippen molar-refractivity contribution in [2.75, 3.05) is 34.2 Å². The first-order valence-electron chi connectivity index (χ1n) is 4.70. The Bertz CT molecular complexity index is 136. The van der Waals surface area contributed by atoms with Gasteiger partial charge in [0, 0.05) is 18.6 Å². The van der Waals surface area contributed by atoms with Crippen LogP contribution < -0.4 is 5.73 Å². The van der Waals surface area contributed by atoms with E-state index in [0.717, 1.165) is 6.54 Å². The van der Waals surface area contributed by atoms with Crippen LogP contribution in [0.1, 0.15) is 12.8 Å². The lowest BCUT2D eigenvalue weighted by Gasteiger charge is -2.20. The second-order valence-corrected chi connectivity index (χ2v) is 4.18. The quantitative estimate of drug-likeness (QED) is 0.647. The van der Waals surface area contributed by atoms with Gasteiger partial charge in [-0.05, 0) is 40.5 Å². The number of nitrogens with zero attached hydrogens (tertiary/aromatic N) is 2. The van der Waals surface area contributed by atoms with Crippen molar-refractivity contribution in [1.82, 2.24) is 9.80 Å². The monoisotopic (exact) mass is 171 g/mol. The van der Waals surface area contributed by atoms with Gasteiger partial charge in [0.2, 0.25) is 0 Å². The minimum absolute atomic E-state index is 0.405. The average Bonchev–Trinajstić information content (AvgIpc) is 2.26. The Kier molecular flexibility index (Phi) is 3.50. The summed E-state index contributed by atoms with van der Waals surface area (Å²) < 4.78 is 0. The van der Waals surface area contributed by atoms with Gasteiger partial charge in [0.25, 0.3) is 0 Å². The van der Waals surface area contributed by atoms with E-state index >= 15 is 0 Å². The van der Waals surface area contributed by atoms with Gasteiger partial charge in [-0.25, -0.2) is 0 Å². The molecule has 72 valence electrons. The molecule has 2 atom stereocenters. The van der Waals surface area contributed by atoms with Gasteiger partial charge in [-0.1, -0.05) is 0 Å². The highest BCUT2D eigenvalue weighted by atomic mass is 15.2. The topological polar surface area (TPSA) is 32.5 Å². The Morgan fingerprint density at radius 2 is 2.17 bits per heavy atom. The van der Waals surface area contributed by atoms with Gasteiger partial charge in [-0.15, -0.1) is 0 Å². The van der Waals surface area contributed by atoms with Crippen molar-refractivity contribution in [2.45, 2.75) is 24.9 Å². The van der Waals surface area contributed by atoms with E-state index in [1.54, 1.807) is 0 Å². The van der Waals surface area contributed by atoms with E-state index in [9.17, 15) is 0 Å². The van der Waals surface area contributed by atoms with E-state index in [1.807, 2.05) is 0 Å². The summed E-state index contributed by atoms with van der Waals surface area (Å²) in [6.07, 6.45) is 2.42. The SMILES string of the molecule is CN(C)CCC1CC(N)CN1C. The molecule has 1 rings (SSSR count). The number of hydrogen-bond donors (Lipinski definition) is 1. The Morgan fingerprint density at radius 1 is 1.50 bits per heavy atom. The van der Waals surface area contributed by atoms with Crippen molar-refractivity contribution < 1.29 is 0 Å². The van der Waals surface area contributed by atoms with Crippen molar-refractivity contribution in [3.05, 3.63) is 0 Å². The lowest BCUT2D eigenvalue weighted by Crippen LogP contribution is -2.29. The number of likely N-dealkylation sites (tertiary alicyclic amines) is 1. The fourth-order valence-electron chi connectivity index (χ4n) is 1.87. The molecule has 1 fully saturated rings. The standard InChI is InChI=1S/C9H21N3/c1-11(2)5-4-9-6-8(10)7-12(9)3/h8-9H,4-7,10H2,1-3H3. The highest BCUT2D eigenvalue weighted by Crippen LogP contribution is 2.16. The molecule has 0 radical (unpaired) electrons. The molecule has 1 aliphatic rings. The maximum absolute atomic E-state index is 5.87. The predicted octanol–water partition coefficient (Wildman–Crippen LogP) is -0.0305. The summed E-state index contributed by atoms with van der Waals surface area (Å²) in [5.41, 5.74) is 5.87. The molecule has 0 aromatic rings. The first-order valence-corrected chi connectivity index (χ1v) is 4.70. The maximum atomic E-state index is 5.87. The molecule has 0 aliphatic carbocycles. The summed E-state index contributed by atoms with van der Waals surface area (Å²) >= 11 is 0. The molecule has 1 heterocycles. The van der Waals surface area contributed by atoms with Gasteiger partial charge in [0.05, 0.1) is 0 Å². The summed E-state index contributed by atoms with van der Waals surface area (Å²) in [5.74, 6) is 0. The van der Waals surface area contributed by atoms with E-state index in [-0.39, 0.29) is 0 Å². The van der Waals surface area contributed by atoms with E-state index in [0.29, 0.717) is 12.1 Å². The van der Waals surface area contributed by atoms with Crippen LogP contribution in [0.25, 0.3) is 0 Å². The fraction of sp³-hybridized carbons (Fsp3) is 1.00. The molecule has 1 aliphatic heterocycles. The van der Waals surface area contributed by atoms with Crippen molar-refractivity contribution in [1.29, 1.82) is 0 Å². The molecule has 0 spiro atoms. The van der Waals surface area contributed by atoms with Crippen LogP contribution >= 0.6 is 0 Å². The molecule has 0 amide bonds. The van der Waals surface area contributed by atoms with Crippen molar-refractivity contribution in [3.63, 3.8) is 0 Å². The van der Waals surface area contributed by atoms with Crippen LogP contribution in [0.3, 0.4) is 0 Å². The molecule has 0 aromatic heterocycles. The van der Waals surface area contributed by atoms with Gasteiger partial charge in [0.1, 0.15) is 0 Å². The molecule has 2 N–H and O–H groups in total. The number of likely N-dealkylation sites (N-methyl/N-ethyl adjacent to an activating group) is 1. The third-order valence-electron chi connectivity index (χ3n) is 2.63. The minimum Gasteiger partial charge on any atom is -0.326 e. The Labute approximate surface area is 75.5 Å². The first-order chi connectivity index (χ1) is 5.59. The van der Waals surface area contributed by atoms with E-state index in [2.05, 4.69) is 30.9 Å². The van der Waals surface area contributed by atoms with Crippen LogP contribution in [0.15, 0.2) is 0 Å². The average molecular weight is 171 g/mol. The molecule has 12 heavy (non-hydrogen) atoms. The zero-order chi connectivity index (χ0) is 9.14. The van der Waals surface area contributed by atoms with E-state index in [4.69, 9.17) is 5.73 Å². The molecular weight excluding hydrogens is 150 g/mol. The molecule has 0 bridgehead atoms. The Balaban J connectivity index is 2.23. The lowest BCUT2D eigenvalue weighted by atomic mass is 10.1. The molecule has 3 nitrogen and oxygen atoms in total. The second-order valence-electron chi connectivity index (χ2n) is 4.18. The van der Waals surface area contributed by atoms with E-state index in [1.165, 1.54) is 19.4 Å². The van der Waals surface area contributed by atoms with Gasteiger partial charge >= 0.3 is 0 Å². The highest BCUT2D eigenvalue weighted by Gasteiger charge is 2.26. The Morgan fingerprint density at radius 3 is 2.58 bits per heavy atom. The summed E-state index contributed by atoms with van der Waals surface area (Å²) in [6, 6.07) is 1.12. The van der Waals surface area contributed by atoms with Gasteiger partial charge in [0.15, 0.2) is 0 Å². The van der Waals surface area contributed by atoms with Crippen LogP contribution in [0, 0.1) is 0 Å². The third kappa shape index (κ3) is 2.73. The highest BCUT2D eigenvalue weighted by molar-refractivity contribution is 4.85. The summed E-state index contributed by atoms with van der Waals surface area (Å²) in [5, 5.41) is 0. The molecule has 0 saturated carbocycles.